The number of rotatable bonds is 4. The Morgan fingerprint density at radius 2 is 2.15 bits per heavy atom. The summed E-state index contributed by atoms with van der Waals surface area (Å²) in [5.74, 6) is -0.240. The van der Waals surface area contributed by atoms with Gasteiger partial charge in [-0.3, -0.25) is 4.79 Å². The van der Waals surface area contributed by atoms with E-state index >= 15 is 0 Å². The van der Waals surface area contributed by atoms with Crippen LogP contribution in [0.2, 0.25) is 0 Å². The van der Waals surface area contributed by atoms with E-state index in [0.717, 1.165) is 11.4 Å². The average Bonchev–Trinajstić information content (AvgIpc) is 2.72. The fourth-order valence-electron chi connectivity index (χ4n) is 2.23. The van der Waals surface area contributed by atoms with Crippen molar-refractivity contribution in [3.05, 3.63) is 28.7 Å². The number of nitrogens with zero attached hydrogens (tertiary/aromatic N) is 3. The Bertz CT molecular complexity index is 644. The molecule has 0 bridgehead atoms. The van der Waals surface area contributed by atoms with E-state index in [1.165, 1.54) is 0 Å². The second kappa shape index (κ2) is 5.58. The number of hydrogen-bond acceptors (Lipinski definition) is 4. The summed E-state index contributed by atoms with van der Waals surface area (Å²) in [5, 5.41) is 16.4. The molecule has 1 unspecified atom stereocenters. The minimum atomic E-state index is -0.247. The van der Waals surface area contributed by atoms with Crippen LogP contribution in [0.15, 0.2) is 6.07 Å². The maximum atomic E-state index is 12.4. The van der Waals surface area contributed by atoms with E-state index in [2.05, 4.69) is 15.4 Å². The summed E-state index contributed by atoms with van der Waals surface area (Å²) in [6.45, 7) is 7.44. The SMILES string of the molecule is CCC(CO)NC(=O)c1c(C)nn2c(C)cc(C)nc12. The highest BCUT2D eigenvalue weighted by Gasteiger charge is 2.21. The molecule has 0 radical (unpaired) electrons. The van der Waals surface area contributed by atoms with Crippen LogP contribution in [0.25, 0.3) is 5.65 Å². The molecule has 0 aromatic carbocycles. The summed E-state index contributed by atoms with van der Waals surface area (Å²) in [6.07, 6.45) is 0.673. The van der Waals surface area contributed by atoms with Gasteiger partial charge in [-0.1, -0.05) is 6.92 Å². The number of aromatic nitrogens is 3. The average molecular weight is 276 g/mol. The van der Waals surface area contributed by atoms with Gasteiger partial charge in [-0.2, -0.15) is 5.10 Å². The molecule has 2 aromatic rings. The van der Waals surface area contributed by atoms with Crippen LogP contribution in [0.3, 0.4) is 0 Å². The molecule has 2 rings (SSSR count). The number of aliphatic hydroxyl groups is 1. The first-order valence-corrected chi connectivity index (χ1v) is 6.73. The Morgan fingerprint density at radius 1 is 1.45 bits per heavy atom. The zero-order valence-electron chi connectivity index (χ0n) is 12.3. The number of amides is 1. The quantitative estimate of drug-likeness (QED) is 0.878. The molecule has 0 aliphatic carbocycles. The monoisotopic (exact) mass is 276 g/mol. The highest BCUT2D eigenvalue weighted by molar-refractivity contribution is 6.01. The topological polar surface area (TPSA) is 79.5 Å². The molecule has 1 atom stereocenters. The largest absolute Gasteiger partial charge is 0.394 e. The van der Waals surface area contributed by atoms with Gasteiger partial charge in [0.15, 0.2) is 5.65 Å². The number of nitrogens with one attached hydrogen (secondary N) is 1. The van der Waals surface area contributed by atoms with Crippen LogP contribution in [-0.4, -0.2) is 38.3 Å². The predicted molar refractivity (Wildman–Crippen MR) is 75.8 cm³/mol. The first-order valence-electron chi connectivity index (χ1n) is 6.73. The molecular formula is C14H20N4O2. The van der Waals surface area contributed by atoms with Gasteiger partial charge in [0.05, 0.1) is 18.3 Å². The maximum Gasteiger partial charge on any atom is 0.257 e. The van der Waals surface area contributed by atoms with E-state index in [1.807, 2.05) is 26.8 Å². The van der Waals surface area contributed by atoms with Crippen LogP contribution >= 0.6 is 0 Å². The smallest absolute Gasteiger partial charge is 0.257 e. The molecule has 108 valence electrons. The van der Waals surface area contributed by atoms with Crippen LogP contribution in [0.1, 0.15) is 40.8 Å². The lowest BCUT2D eigenvalue weighted by atomic mass is 10.2. The normalized spacial score (nSPS) is 12.7. The van der Waals surface area contributed by atoms with Crippen molar-refractivity contribution in [1.29, 1.82) is 0 Å². The number of aliphatic hydroxyl groups excluding tert-OH is 1. The number of fused-ring (bicyclic) bond motifs is 1. The van der Waals surface area contributed by atoms with Gasteiger partial charge in [-0.05, 0) is 33.3 Å². The van der Waals surface area contributed by atoms with Crippen LogP contribution in [0, 0.1) is 20.8 Å². The minimum Gasteiger partial charge on any atom is -0.394 e. The molecule has 6 nitrogen and oxygen atoms in total. The van der Waals surface area contributed by atoms with Gasteiger partial charge < -0.3 is 10.4 Å². The maximum absolute atomic E-state index is 12.4. The van der Waals surface area contributed by atoms with Crippen molar-refractivity contribution in [1.82, 2.24) is 19.9 Å². The van der Waals surface area contributed by atoms with Crippen LogP contribution in [0.4, 0.5) is 0 Å². The minimum absolute atomic E-state index is 0.0774. The second-order valence-electron chi connectivity index (χ2n) is 5.00. The predicted octanol–water partition coefficient (Wildman–Crippen LogP) is 1.16. The van der Waals surface area contributed by atoms with E-state index in [0.29, 0.717) is 23.3 Å². The number of carbonyl (C=O) groups excluding carboxylic acids is 1. The number of carbonyl (C=O) groups is 1. The molecule has 0 spiro atoms. The van der Waals surface area contributed by atoms with Crippen molar-refractivity contribution < 1.29 is 9.90 Å². The molecule has 2 heterocycles. The summed E-state index contributed by atoms with van der Waals surface area (Å²) < 4.78 is 1.68. The molecule has 0 saturated carbocycles. The van der Waals surface area contributed by atoms with Gasteiger partial charge in [0.2, 0.25) is 0 Å². The van der Waals surface area contributed by atoms with Crippen molar-refractivity contribution in [3.8, 4) is 0 Å². The van der Waals surface area contributed by atoms with Crippen molar-refractivity contribution in [2.75, 3.05) is 6.61 Å². The number of hydrogen-bond donors (Lipinski definition) is 2. The fourth-order valence-corrected chi connectivity index (χ4v) is 2.23. The molecule has 0 aliphatic rings. The molecule has 0 saturated heterocycles. The standard InChI is InChI=1S/C14H20N4O2/c1-5-11(7-19)16-14(20)12-10(4)17-18-9(3)6-8(2)15-13(12)18/h6,11,19H,5,7H2,1-4H3,(H,16,20). The Labute approximate surface area is 117 Å². The Morgan fingerprint density at radius 3 is 2.75 bits per heavy atom. The highest BCUT2D eigenvalue weighted by atomic mass is 16.3. The summed E-state index contributed by atoms with van der Waals surface area (Å²) in [7, 11) is 0. The third kappa shape index (κ3) is 2.51. The van der Waals surface area contributed by atoms with Crippen LogP contribution in [-0.2, 0) is 0 Å². The lowest BCUT2D eigenvalue weighted by Gasteiger charge is -2.13. The van der Waals surface area contributed by atoms with Crippen LogP contribution in [0.5, 0.6) is 0 Å². The lowest BCUT2D eigenvalue weighted by Crippen LogP contribution is -2.37. The Kier molecular flexibility index (Phi) is 4.04. The first-order chi connectivity index (χ1) is 9.47. The fraction of sp³-hybridized carbons (Fsp3) is 0.500. The van der Waals surface area contributed by atoms with Gasteiger partial charge >= 0.3 is 0 Å². The Balaban J connectivity index is 2.48. The van der Waals surface area contributed by atoms with Gasteiger partial charge in [0.25, 0.3) is 5.91 Å². The van der Waals surface area contributed by atoms with Gasteiger partial charge in [-0.25, -0.2) is 9.50 Å². The second-order valence-corrected chi connectivity index (χ2v) is 5.00. The van der Waals surface area contributed by atoms with E-state index in [4.69, 9.17) is 0 Å². The summed E-state index contributed by atoms with van der Waals surface area (Å²) in [6, 6.07) is 1.67. The molecule has 2 N–H and O–H groups in total. The van der Waals surface area contributed by atoms with Gasteiger partial charge in [0.1, 0.15) is 5.56 Å². The molecule has 1 amide bonds. The van der Waals surface area contributed by atoms with Crippen molar-refractivity contribution >= 4 is 11.6 Å². The molecule has 0 aliphatic heterocycles. The van der Waals surface area contributed by atoms with Gasteiger partial charge in [0, 0.05) is 11.4 Å². The zero-order valence-corrected chi connectivity index (χ0v) is 12.3. The van der Waals surface area contributed by atoms with E-state index in [1.54, 1.807) is 11.4 Å². The lowest BCUT2D eigenvalue weighted by molar-refractivity contribution is 0.0916. The first kappa shape index (κ1) is 14.5. The van der Waals surface area contributed by atoms with E-state index in [9.17, 15) is 9.90 Å². The van der Waals surface area contributed by atoms with Crippen molar-refractivity contribution in [2.24, 2.45) is 0 Å². The van der Waals surface area contributed by atoms with Crippen molar-refractivity contribution in [3.63, 3.8) is 0 Å². The molecule has 6 heteroatoms. The van der Waals surface area contributed by atoms with E-state index < -0.39 is 0 Å². The molecule has 2 aromatic heterocycles. The highest BCUT2D eigenvalue weighted by Crippen LogP contribution is 2.16. The summed E-state index contributed by atoms with van der Waals surface area (Å²) in [5.41, 5.74) is 3.45. The van der Waals surface area contributed by atoms with Gasteiger partial charge in [-0.15, -0.1) is 0 Å². The molecular weight excluding hydrogens is 256 g/mol. The van der Waals surface area contributed by atoms with Crippen molar-refractivity contribution in [2.45, 2.75) is 40.2 Å². The summed E-state index contributed by atoms with van der Waals surface area (Å²) >= 11 is 0. The number of aryl methyl sites for hydroxylation is 3. The van der Waals surface area contributed by atoms with E-state index in [-0.39, 0.29) is 18.6 Å². The molecule has 20 heavy (non-hydrogen) atoms. The zero-order chi connectivity index (χ0) is 14.9. The third-order valence-corrected chi connectivity index (χ3v) is 3.35. The third-order valence-electron chi connectivity index (χ3n) is 3.35. The van der Waals surface area contributed by atoms with Crippen LogP contribution < -0.4 is 5.32 Å². The summed E-state index contributed by atoms with van der Waals surface area (Å²) in [4.78, 5) is 16.8. The Hall–Kier alpha value is -1.95. The molecule has 0 fully saturated rings.